The van der Waals surface area contributed by atoms with Crippen LogP contribution in [0.25, 0.3) is 22.2 Å². The fraction of sp³-hybridized carbons (Fsp3) is 0.167. The van der Waals surface area contributed by atoms with E-state index >= 15 is 0 Å². The molecule has 0 saturated carbocycles. The third-order valence-electron chi connectivity index (χ3n) is 3.89. The number of hydrogen-bond acceptors (Lipinski definition) is 2. The average molecular weight is 280 g/mol. The predicted octanol–water partition coefficient (Wildman–Crippen LogP) is 4.70. The summed E-state index contributed by atoms with van der Waals surface area (Å²) in [6.07, 6.45) is 0. The first kappa shape index (κ1) is 13.6. The molecule has 0 aliphatic heterocycles. The molecule has 3 aromatic rings. The van der Waals surface area contributed by atoms with Gasteiger partial charge in [0.25, 0.3) is 0 Å². The van der Waals surface area contributed by atoms with E-state index in [9.17, 15) is 4.39 Å². The molecule has 106 valence electrons. The zero-order chi connectivity index (χ0) is 15.0. The molecule has 3 heteroatoms. The van der Waals surface area contributed by atoms with Crippen LogP contribution in [0.3, 0.4) is 0 Å². The number of anilines is 1. The molecular weight excluding hydrogens is 263 g/mol. The second-order valence-electron chi connectivity index (χ2n) is 5.14. The van der Waals surface area contributed by atoms with E-state index in [0.717, 1.165) is 27.9 Å². The third-order valence-corrected chi connectivity index (χ3v) is 3.89. The van der Waals surface area contributed by atoms with Gasteiger partial charge in [0.15, 0.2) is 0 Å². The molecule has 2 nitrogen and oxygen atoms in total. The van der Waals surface area contributed by atoms with Crippen LogP contribution in [0.15, 0.2) is 42.5 Å². The molecule has 0 saturated heterocycles. The summed E-state index contributed by atoms with van der Waals surface area (Å²) in [5, 5.41) is 4.19. The lowest BCUT2D eigenvalue weighted by molar-refractivity contribution is 0.620. The number of aromatic nitrogens is 1. The van der Waals surface area contributed by atoms with E-state index in [1.807, 2.05) is 44.3 Å². The number of nitrogens with zero attached hydrogens (tertiary/aromatic N) is 1. The Balaban J connectivity index is 2.42. The Kier molecular flexibility index (Phi) is 3.34. The first-order chi connectivity index (χ1) is 10.1. The van der Waals surface area contributed by atoms with E-state index in [0.29, 0.717) is 11.1 Å². The summed E-state index contributed by atoms with van der Waals surface area (Å²) in [5.41, 5.74) is 5.30. The van der Waals surface area contributed by atoms with Gasteiger partial charge in [-0.05, 0) is 31.5 Å². The molecule has 3 rings (SSSR count). The molecule has 0 atom stereocenters. The van der Waals surface area contributed by atoms with Crippen LogP contribution in [0.4, 0.5) is 10.1 Å². The van der Waals surface area contributed by atoms with Crippen LogP contribution in [0.1, 0.15) is 11.1 Å². The number of fused-ring (bicyclic) bond motifs is 1. The summed E-state index contributed by atoms with van der Waals surface area (Å²) in [7, 11) is 1.88. The van der Waals surface area contributed by atoms with Crippen molar-refractivity contribution in [2.45, 2.75) is 13.8 Å². The van der Waals surface area contributed by atoms with Gasteiger partial charge in [0.2, 0.25) is 0 Å². The molecule has 0 aliphatic carbocycles. The zero-order valence-electron chi connectivity index (χ0n) is 12.4. The molecule has 21 heavy (non-hydrogen) atoms. The van der Waals surface area contributed by atoms with Gasteiger partial charge in [-0.15, -0.1) is 0 Å². The van der Waals surface area contributed by atoms with Gasteiger partial charge in [-0.1, -0.05) is 30.3 Å². The van der Waals surface area contributed by atoms with Gasteiger partial charge in [0.05, 0.1) is 11.2 Å². The quantitative estimate of drug-likeness (QED) is 0.736. The van der Waals surface area contributed by atoms with Crippen LogP contribution in [-0.2, 0) is 0 Å². The molecule has 0 fully saturated rings. The van der Waals surface area contributed by atoms with E-state index in [1.165, 1.54) is 6.07 Å². The summed E-state index contributed by atoms with van der Waals surface area (Å²) in [5.74, 6) is -0.222. The summed E-state index contributed by atoms with van der Waals surface area (Å²) in [4.78, 5) is 4.73. The maximum Gasteiger partial charge on any atom is 0.128 e. The summed E-state index contributed by atoms with van der Waals surface area (Å²) in [6.45, 7) is 3.81. The maximum absolute atomic E-state index is 13.9. The lowest BCUT2D eigenvalue weighted by Gasteiger charge is -2.15. The molecule has 0 amide bonds. The normalized spacial score (nSPS) is 10.9. The number of hydrogen-bond donors (Lipinski definition) is 1. The first-order valence-corrected chi connectivity index (χ1v) is 6.96. The molecule has 0 aliphatic rings. The van der Waals surface area contributed by atoms with Crippen molar-refractivity contribution in [3.05, 3.63) is 59.4 Å². The highest BCUT2D eigenvalue weighted by molar-refractivity contribution is 5.97. The molecule has 1 N–H and O–H groups in total. The van der Waals surface area contributed by atoms with Crippen LogP contribution in [-0.4, -0.2) is 12.0 Å². The van der Waals surface area contributed by atoms with Gasteiger partial charge < -0.3 is 5.32 Å². The van der Waals surface area contributed by atoms with Crippen molar-refractivity contribution in [1.82, 2.24) is 4.98 Å². The number of rotatable bonds is 2. The van der Waals surface area contributed by atoms with Crippen LogP contribution in [0, 0.1) is 19.7 Å². The minimum Gasteiger partial charge on any atom is -0.387 e. The highest BCUT2D eigenvalue weighted by atomic mass is 19.1. The van der Waals surface area contributed by atoms with Crippen molar-refractivity contribution in [2.75, 3.05) is 12.4 Å². The van der Waals surface area contributed by atoms with E-state index in [4.69, 9.17) is 4.98 Å². The lowest BCUT2D eigenvalue weighted by atomic mass is 10.00. The number of pyridine rings is 1. The van der Waals surface area contributed by atoms with E-state index in [1.54, 1.807) is 13.0 Å². The molecule has 0 spiro atoms. The van der Waals surface area contributed by atoms with Gasteiger partial charge in [0.1, 0.15) is 5.82 Å². The van der Waals surface area contributed by atoms with Gasteiger partial charge >= 0.3 is 0 Å². The van der Waals surface area contributed by atoms with E-state index in [-0.39, 0.29) is 5.82 Å². The van der Waals surface area contributed by atoms with Crippen LogP contribution >= 0.6 is 0 Å². The molecular formula is C18H17FN2. The number of aryl methyl sites for hydroxylation is 1. The highest BCUT2D eigenvalue weighted by Crippen LogP contribution is 2.34. The van der Waals surface area contributed by atoms with Crippen molar-refractivity contribution >= 4 is 16.6 Å². The molecule has 0 radical (unpaired) electrons. The Bertz CT molecular complexity index is 811. The summed E-state index contributed by atoms with van der Waals surface area (Å²) >= 11 is 0. The Morgan fingerprint density at radius 2 is 1.67 bits per heavy atom. The maximum atomic E-state index is 13.9. The van der Waals surface area contributed by atoms with Crippen molar-refractivity contribution < 1.29 is 4.39 Å². The first-order valence-electron chi connectivity index (χ1n) is 6.96. The lowest BCUT2D eigenvalue weighted by Crippen LogP contribution is -2.00. The number of halogens is 1. The van der Waals surface area contributed by atoms with Crippen molar-refractivity contribution in [2.24, 2.45) is 0 Å². The van der Waals surface area contributed by atoms with Gasteiger partial charge in [-0.3, -0.25) is 0 Å². The molecule has 2 aromatic carbocycles. The second-order valence-corrected chi connectivity index (χ2v) is 5.14. The van der Waals surface area contributed by atoms with Crippen LogP contribution in [0.2, 0.25) is 0 Å². The number of nitrogens with one attached hydrogen (secondary N) is 1. The fourth-order valence-corrected chi connectivity index (χ4v) is 2.74. The highest BCUT2D eigenvalue weighted by Gasteiger charge is 2.15. The van der Waals surface area contributed by atoms with Crippen molar-refractivity contribution in [3.63, 3.8) is 0 Å². The van der Waals surface area contributed by atoms with E-state index < -0.39 is 0 Å². The predicted molar refractivity (Wildman–Crippen MR) is 86.2 cm³/mol. The second kappa shape index (κ2) is 5.17. The van der Waals surface area contributed by atoms with Crippen molar-refractivity contribution in [3.8, 4) is 11.3 Å². The fourth-order valence-electron chi connectivity index (χ4n) is 2.74. The largest absolute Gasteiger partial charge is 0.387 e. The third kappa shape index (κ3) is 2.15. The summed E-state index contributed by atoms with van der Waals surface area (Å²) < 4.78 is 13.9. The van der Waals surface area contributed by atoms with Crippen LogP contribution in [0.5, 0.6) is 0 Å². The average Bonchev–Trinajstić information content (AvgIpc) is 2.51. The zero-order valence-corrected chi connectivity index (χ0v) is 12.4. The monoisotopic (exact) mass is 280 g/mol. The van der Waals surface area contributed by atoms with Gasteiger partial charge in [0, 0.05) is 29.2 Å². The Hall–Kier alpha value is -2.42. The molecule has 0 unspecified atom stereocenters. The minimum absolute atomic E-state index is 0.222. The Morgan fingerprint density at radius 1 is 0.952 bits per heavy atom. The van der Waals surface area contributed by atoms with Crippen molar-refractivity contribution in [1.29, 1.82) is 0 Å². The van der Waals surface area contributed by atoms with Gasteiger partial charge in [-0.2, -0.15) is 0 Å². The van der Waals surface area contributed by atoms with Crippen LogP contribution < -0.4 is 5.32 Å². The molecule has 0 bridgehead atoms. The Labute approximate surface area is 123 Å². The smallest absolute Gasteiger partial charge is 0.128 e. The standard InChI is InChI=1S/C18H17FN2/c1-11-15(19)10-9-14-17(20-3)12(2)16(21-18(11)14)13-7-5-4-6-8-13/h4-10H,1-3H3,(H,20,21). The molecule has 1 heterocycles. The SMILES string of the molecule is CNc1c(C)c(-c2ccccc2)nc2c(C)c(F)ccc12. The van der Waals surface area contributed by atoms with E-state index in [2.05, 4.69) is 5.32 Å². The minimum atomic E-state index is -0.222. The molecule has 1 aromatic heterocycles. The number of benzene rings is 2. The van der Waals surface area contributed by atoms with Gasteiger partial charge in [-0.25, -0.2) is 9.37 Å². The topological polar surface area (TPSA) is 24.9 Å². The summed E-state index contributed by atoms with van der Waals surface area (Å²) in [6, 6.07) is 13.3. The Morgan fingerprint density at radius 3 is 2.33 bits per heavy atom.